The number of methoxy groups -OCH3 is 8. The molecule has 322 valence electrons. The molecular formula is C52H46N4O8. The summed E-state index contributed by atoms with van der Waals surface area (Å²) in [6.45, 7) is 0. The maximum Gasteiger partial charge on any atom is 0.168 e. The molecule has 9 rings (SSSR count). The Morgan fingerprint density at radius 3 is 0.734 bits per heavy atom. The normalized spacial score (nSPS) is 11.6. The number of hydrogen-bond donors (Lipinski definition) is 2. The third-order valence-electron chi connectivity index (χ3n) is 11.4. The summed E-state index contributed by atoms with van der Waals surface area (Å²) in [4.78, 5) is 18.5. The van der Waals surface area contributed by atoms with E-state index in [0.29, 0.717) is 68.8 Å². The maximum atomic E-state index is 6.07. The lowest BCUT2D eigenvalue weighted by Crippen LogP contribution is -1.96. The lowest BCUT2D eigenvalue weighted by molar-refractivity contribution is 0.356. The molecule has 64 heavy (non-hydrogen) atoms. The molecule has 0 spiro atoms. The lowest BCUT2D eigenvalue weighted by atomic mass is 10.0. The first kappa shape index (κ1) is 41.2. The highest BCUT2D eigenvalue weighted by atomic mass is 16.5. The molecule has 3 aromatic heterocycles. The molecule has 12 heteroatoms. The van der Waals surface area contributed by atoms with Gasteiger partial charge in [0.25, 0.3) is 0 Å². The zero-order valence-electron chi connectivity index (χ0n) is 36.7. The van der Waals surface area contributed by atoms with Gasteiger partial charge in [0.05, 0.1) is 79.7 Å². The molecule has 5 heterocycles. The molecule has 0 saturated carbocycles. The molecule has 0 saturated heterocycles. The van der Waals surface area contributed by atoms with Crippen molar-refractivity contribution in [1.82, 2.24) is 19.9 Å². The number of nitrogens with one attached hydrogen (secondary N) is 2. The van der Waals surface area contributed by atoms with Gasteiger partial charge in [0.1, 0.15) is 0 Å². The molecule has 2 N–H and O–H groups in total. The van der Waals surface area contributed by atoms with Crippen LogP contribution >= 0.6 is 0 Å². The van der Waals surface area contributed by atoms with Crippen LogP contribution in [0.3, 0.4) is 0 Å². The molecule has 0 amide bonds. The molecule has 12 nitrogen and oxygen atoms in total. The van der Waals surface area contributed by atoms with Crippen LogP contribution in [0.4, 0.5) is 0 Å². The third-order valence-corrected chi connectivity index (χ3v) is 11.4. The summed E-state index contributed by atoms with van der Waals surface area (Å²) in [7, 11) is 13.1. The Morgan fingerprint density at radius 1 is 0.297 bits per heavy atom. The van der Waals surface area contributed by atoms with Crippen molar-refractivity contribution in [2.75, 3.05) is 56.9 Å². The Hall–Kier alpha value is -8.12. The van der Waals surface area contributed by atoms with Crippen molar-refractivity contribution in [1.29, 1.82) is 0 Å². The SMILES string of the molecule is COc1cccc(-c2c3nc(c(-c4cccc(OC)c4OC)c4ccc([nH]4)c(-c4cccc(OC)c4OC)c4nc(c(-c5cccc(OC)c5OC)c5ccc2[nH]5)C=C4)C=C3)c1OC. The summed E-state index contributed by atoms with van der Waals surface area (Å²) >= 11 is 0. The van der Waals surface area contributed by atoms with Crippen LogP contribution in [-0.4, -0.2) is 76.8 Å². The molecule has 0 aliphatic carbocycles. The van der Waals surface area contributed by atoms with Gasteiger partial charge in [-0.2, -0.15) is 0 Å². The quantitative estimate of drug-likeness (QED) is 0.122. The monoisotopic (exact) mass is 854 g/mol. The second-order valence-corrected chi connectivity index (χ2v) is 14.7. The molecule has 0 atom stereocenters. The smallest absolute Gasteiger partial charge is 0.168 e. The molecule has 0 unspecified atom stereocenters. The second kappa shape index (κ2) is 17.3. The predicted octanol–water partition coefficient (Wildman–Crippen LogP) is 11.4. The number of aromatic nitrogens is 4. The third kappa shape index (κ3) is 6.89. The summed E-state index contributed by atoms with van der Waals surface area (Å²) in [5.41, 5.74) is 11.9. The van der Waals surface area contributed by atoms with Crippen LogP contribution in [0.25, 0.3) is 90.9 Å². The Morgan fingerprint density at radius 2 is 0.531 bits per heavy atom. The van der Waals surface area contributed by atoms with Gasteiger partial charge in [0.15, 0.2) is 46.0 Å². The van der Waals surface area contributed by atoms with Crippen LogP contribution in [0.15, 0.2) is 97.1 Å². The van der Waals surface area contributed by atoms with Crippen LogP contribution in [0, 0.1) is 0 Å². The Kier molecular flexibility index (Phi) is 11.2. The fourth-order valence-electron chi connectivity index (χ4n) is 8.67. The van der Waals surface area contributed by atoms with E-state index in [0.717, 1.165) is 66.6 Å². The standard InChI is InChI=1S/C52H46N4O8/c1-57-41-17-9-13-29(49(41)61-5)45-33-21-23-35(53-33)46(30-14-10-18-42(58-2)50(30)62-6)37-25-27-39(55-37)48(32-16-12-20-44(60-4)52(32)64-8)40-28-26-38(56-40)47(36-24-22-34(45)54-36)31-15-11-19-43(59-3)51(31)63-7/h9-28,53,56H,1-8H3. The highest BCUT2D eigenvalue weighted by molar-refractivity contribution is 6.02. The number of rotatable bonds is 12. The molecule has 2 aliphatic rings. The zero-order valence-corrected chi connectivity index (χ0v) is 36.7. The van der Waals surface area contributed by atoms with E-state index in [4.69, 9.17) is 47.9 Å². The van der Waals surface area contributed by atoms with Crippen molar-refractivity contribution in [3.05, 3.63) is 120 Å². The Balaban J connectivity index is 1.53. The average Bonchev–Trinajstić information content (AvgIpc) is 4.19. The second-order valence-electron chi connectivity index (χ2n) is 14.7. The van der Waals surface area contributed by atoms with E-state index in [1.165, 1.54) is 0 Å². The topological polar surface area (TPSA) is 131 Å². The molecular weight excluding hydrogens is 809 g/mol. The Labute approximate surface area is 370 Å². The van der Waals surface area contributed by atoms with Crippen molar-refractivity contribution in [3.8, 4) is 90.5 Å². The van der Waals surface area contributed by atoms with Gasteiger partial charge < -0.3 is 47.9 Å². The van der Waals surface area contributed by atoms with Crippen LogP contribution in [0.5, 0.6) is 46.0 Å². The zero-order chi connectivity index (χ0) is 44.5. The van der Waals surface area contributed by atoms with E-state index < -0.39 is 0 Å². The van der Waals surface area contributed by atoms with E-state index in [9.17, 15) is 0 Å². The van der Waals surface area contributed by atoms with E-state index >= 15 is 0 Å². The first-order valence-corrected chi connectivity index (χ1v) is 20.4. The highest BCUT2D eigenvalue weighted by Crippen LogP contribution is 2.48. The average molecular weight is 855 g/mol. The largest absolute Gasteiger partial charge is 0.493 e. The van der Waals surface area contributed by atoms with Crippen LogP contribution in [0.1, 0.15) is 22.8 Å². The molecule has 0 radical (unpaired) electrons. The molecule has 0 fully saturated rings. The van der Waals surface area contributed by atoms with Crippen molar-refractivity contribution in [3.63, 3.8) is 0 Å². The lowest BCUT2D eigenvalue weighted by Gasteiger charge is -2.15. The first-order valence-electron chi connectivity index (χ1n) is 20.4. The number of benzene rings is 4. The van der Waals surface area contributed by atoms with Crippen LogP contribution in [-0.2, 0) is 0 Å². The van der Waals surface area contributed by atoms with E-state index in [1.807, 2.05) is 121 Å². The number of nitrogens with zero attached hydrogens (tertiary/aromatic N) is 2. The number of ether oxygens (including phenoxy) is 8. The van der Waals surface area contributed by atoms with Gasteiger partial charge in [-0.1, -0.05) is 48.5 Å². The van der Waals surface area contributed by atoms with E-state index in [2.05, 4.69) is 9.97 Å². The predicted molar refractivity (Wildman–Crippen MR) is 253 cm³/mol. The van der Waals surface area contributed by atoms with E-state index in [1.54, 1.807) is 56.9 Å². The van der Waals surface area contributed by atoms with Crippen LogP contribution < -0.4 is 37.9 Å². The van der Waals surface area contributed by atoms with Crippen molar-refractivity contribution < 1.29 is 37.9 Å². The fourth-order valence-corrected chi connectivity index (χ4v) is 8.67. The Bertz CT molecular complexity index is 2770. The highest BCUT2D eigenvalue weighted by Gasteiger charge is 2.25. The summed E-state index contributed by atoms with van der Waals surface area (Å²) in [6, 6.07) is 31.4. The summed E-state index contributed by atoms with van der Waals surface area (Å²) < 4.78 is 47.6. The van der Waals surface area contributed by atoms with Gasteiger partial charge in [-0.05, 0) is 72.8 Å². The number of hydrogen-bond acceptors (Lipinski definition) is 10. The number of para-hydroxylation sites is 4. The fraction of sp³-hybridized carbons (Fsp3) is 0.154. The van der Waals surface area contributed by atoms with E-state index in [-0.39, 0.29) is 0 Å². The van der Waals surface area contributed by atoms with Gasteiger partial charge >= 0.3 is 0 Å². The minimum atomic E-state index is 0.555. The first-order chi connectivity index (χ1) is 31.4. The van der Waals surface area contributed by atoms with Gasteiger partial charge in [-0.25, -0.2) is 9.97 Å². The minimum Gasteiger partial charge on any atom is -0.493 e. The van der Waals surface area contributed by atoms with Crippen molar-refractivity contribution >= 4 is 46.4 Å². The van der Waals surface area contributed by atoms with Crippen LogP contribution in [0.2, 0.25) is 0 Å². The summed E-state index contributed by atoms with van der Waals surface area (Å²) in [5.74, 6) is 4.53. The maximum absolute atomic E-state index is 6.07. The number of aromatic amines is 2. The van der Waals surface area contributed by atoms with Gasteiger partial charge in [-0.3, -0.25) is 0 Å². The molecule has 4 aromatic carbocycles. The van der Waals surface area contributed by atoms with Crippen molar-refractivity contribution in [2.45, 2.75) is 0 Å². The number of H-pyrrole nitrogens is 2. The summed E-state index contributed by atoms with van der Waals surface area (Å²) in [6.07, 6.45) is 8.05. The van der Waals surface area contributed by atoms with Gasteiger partial charge in [0.2, 0.25) is 0 Å². The summed E-state index contributed by atoms with van der Waals surface area (Å²) in [5, 5.41) is 0. The minimum absolute atomic E-state index is 0.555. The molecule has 7 aromatic rings. The van der Waals surface area contributed by atoms with Gasteiger partial charge in [0, 0.05) is 66.6 Å². The number of fused-ring (bicyclic) bond motifs is 8. The van der Waals surface area contributed by atoms with Crippen molar-refractivity contribution in [2.24, 2.45) is 0 Å². The molecule has 2 aliphatic heterocycles. The van der Waals surface area contributed by atoms with Gasteiger partial charge in [-0.15, -0.1) is 0 Å². The molecule has 8 bridgehead atoms.